The lowest BCUT2D eigenvalue weighted by molar-refractivity contribution is -0.117. The van der Waals surface area contributed by atoms with Crippen LogP contribution in [0, 0.1) is 0 Å². The zero-order valence-electron chi connectivity index (χ0n) is 19.5. The summed E-state index contributed by atoms with van der Waals surface area (Å²) in [6.45, 7) is 0. The molecule has 36 heavy (non-hydrogen) atoms. The molecular weight excluding hydrogens is 460 g/mol. The zero-order valence-corrected chi connectivity index (χ0v) is 19.5. The summed E-state index contributed by atoms with van der Waals surface area (Å²) in [6, 6.07) is 21.5. The Morgan fingerprint density at radius 1 is 0.889 bits per heavy atom. The molecule has 8 heteroatoms. The van der Waals surface area contributed by atoms with Gasteiger partial charge in [-0.2, -0.15) is 0 Å². The third kappa shape index (κ3) is 3.98. The highest BCUT2D eigenvalue weighted by molar-refractivity contribution is 6.21. The van der Waals surface area contributed by atoms with Crippen LogP contribution in [-0.4, -0.2) is 36.2 Å². The van der Waals surface area contributed by atoms with Crippen molar-refractivity contribution in [3.05, 3.63) is 108 Å². The molecule has 0 bridgehead atoms. The maximum absolute atomic E-state index is 13.6. The molecule has 180 valence electrons. The van der Waals surface area contributed by atoms with Gasteiger partial charge >= 0.3 is 0 Å². The number of nitrogens with zero attached hydrogens (tertiary/aromatic N) is 2. The summed E-state index contributed by atoms with van der Waals surface area (Å²) >= 11 is 0. The van der Waals surface area contributed by atoms with Crippen LogP contribution in [0.2, 0.25) is 0 Å². The van der Waals surface area contributed by atoms with Crippen molar-refractivity contribution in [2.24, 2.45) is 0 Å². The van der Waals surface area contributed by atoms with Gasteiger partial charge in [0.05, 0.1) is 25.8 Å². The van der Waals surface area contributed by atoms with Crippen molar-refractivity contribution in [2.75, 3.05) is 19.1 Å². The summed E-state index contributed by atoms with van der Waals surface area (Å²) in [5, 5.41) is 14.9. The molecule has 4 aromatic rings. The van der Waals surface area contributed by atoms with E-state index in [1.807, 2.05) is 0 Å². The predicted molar refractivity (Wildman–Crippen MR) is 132 cm³/mol. The van der Waals surface area contributed by atoms with Crippen LogP contribution >= 0.6 is 0 Å². The van der Waals surface area contributed by atoms with Crippen LogP contribution in [0.3, 0.4) is 0 Å². The van der Waals surface area contributed by atoms with Crippen LogP contribution in [0.4, 0.5) is 5.69 Å². The van der Waals surface area contributed by atoms with Crippen molar-refractivity contribution in [2.45, 2.75) is 6.04 Å². The molecular formula is C28H22N2O6. The Morgan fingerprint density at radius 3 is 2.06 bits per heavy atom. The SMILES string of the molecule is COc1ccc(C(=O)C2=C(O)C(=O)N(c3ccc(-c4ccon4)cc3)C2c2ccc(OC)cc2)cc1. The number of rotatable bonds is 7. The number of aliphatic hydroxyl groups is 1. The van der Waals surface area contributed by atoms with E-state index >= 15 is 0 Å². The van der Waals surface area contributed by atoms with Crippen LogP contribution in [0.5, 0.6) is 11.5 Å². The highest BCUT2D eigenvalue weighted by Gasteiger charge is 2.44. The van der Waals surface area contributed by atoms with Crippen LogP contribution in [0.1, 0.15) is 22.0 Å². The normalized spacial score (nSPS) is 15.3. The largest absolute Gasteiger partial charge is 0.503 e. The number of methoxy groups -OCH3 is 2. The number of hydrogen-bond donors (Lipinski definition) is 1. The molecule has 3 aromatic carbocycles. The maximum Gasteiger partial charge on any atom is 0.294 e. The molecule has 1 aliphatic rings. The third-order valence-corrected chi connectivity index (χ3v) is 6.12. The van der Waals surface area contributed by atoms with Crippen molar-refractivity contribution >= 4 is 17.4 Å². The fourth-order valence-electron chi connectivity index (χ4n) is 4.26. The van der Waals surface area contributed by atoms with Crippen molar-refractivity contribution in [1.29, 1.82) is 0 Å². The van der Waals surface area contributed by atoms with Crippen molar-refractivity contribution in [3.8, 4) is 22.8 Å². The Morgan fingerprint density at radius 2 is 1.50 bits per heavy atom. The fraction of sp³-hybridized carbons (Fsp3) is 0.107. The minimum Gasteiger partial charge on any atom is -0.503 e. The monoisotopic (exact) mass is 482 g/mol. The van der Waals surface area contributed by atoms with Crippen LogP contribution < -0.4 is 14.4 Å². The first-order chi connectivity index (χ1) is 17.5. The van der Waals surface area contributed by atoms with Crippen LogP contribution in [0.15, 0.2) is 101 Å². The molecule has 8 nitrogen and oxygen atoms in total. The molecule has 0 radical (unpaired) electrons. The Balaban J connectivity index is 1.58. The number of ketones is 1. The topological polar surface area (TPSA) is 102 Å². The lowest BCUT2D eigenvalue weighted by Crippen LogP contribution is -2.31. The predicted octanol–water partition coefficient (Wildman–Crippen LogP) is 5.14. The molecule has 1 amide bonds. The fourth-order valence-corrected chi connectivity index (χ4v) is 4.26. The molecule has 1 unspecified atom stereocenters. The Hall–Kier alpha value is -4.85. The minimum absolute atomic E-state index is 0.00379. The average Bonchev–Trinajstić information content (AvgIpc) is 3.56. The summed E-state index contributed by atoms with van der Waals surface area (Å²) in [6.07, 6.45) is 1.48. The number of ether oxygens (including phenoxy) is 2. The van der Waals surface area contributed by atoms with Gasteiger partial charge in [-0.1, -0.05) is 29.4 Å². The Kier molecular flexibility index (Phi) is 6.00. The molecule has 0 spiro atoms. The van der Waals surface area contributed by atoms with E-state index in [0.29, 0.717) is 34.0 Å². The van der Waals surface area contributed by atoms with Crippen LogP contribution in [0.25, 0.3) is 11.3 Å². The molecule has 0 saturated heterocycles. The number of aromatic nitrogens is 1. The third-order valence-electron chi connectivity index (χ3n) is 6.12. The molecule has 2 heterocycles. The molecule has 5 rings (SSSR count). The Labute approximate surface area is 207 Å². The smallest absolute Gasteiger partial charge is 0.294 e. The van der Waals surface area contributed by atoms with Gasteiger partial charge in [0, 0.05) is 22.9 Å². The van der Waals surface area contributed by atoms with Gasteiger partial charge in [-0.05, 0) is 54.1 Å². The van der Waals surface area contributed by atoms with Gasteiger partial charge < -0.3 is 19.1 Å². The molecule has 0 saturated carbocycles. The minimum atomic E-state index is -0.851. The highest BCUT2D eigenvalue weighted by Crippen LogP contribution is 2.42. The molecule has 0 aliphatic carbocycles. The first-order valence-electron chi connectivity index (χ1n) is 11.1. The number of Topliss-reactive ketones (excluding diaryl/α,β-unsaturated/α-hetero) is 1. The van der Waals surface area contributed by atoms with E-state index in [1.54, 1.807) is 86.0 Å². The van der Waals surface area contributed by atoms with E-state index < -0.39 is 23.5 Å². The highest BCUT2D eigenvalue weighted by atomic mass is 16.5. The number of carbonyl (C=O) groups is 2. The molecule has 1 aromatic heterocycles. The number of benzene rings is 3. The van der Waals surface area contributed by atoms with E-state index in [-0.39, 0.29) is 5.57 Å². The maximum atomic E-state index is 13.6. The second kappa shape index (κ2) is 9.42. The number of aliphatic hydroxyl groups excluding tert-OH is 1. The first-order valence-corrected chi connectivity index (χ1v) is 11.1. The number of anilines is 1. The first kappa shape index (κ1) is 22.9. The molecule has 1 N–H and O–H groups in total. The van der Waals surface area contributed by atoms with E-state index in [0.717, 1.165) is 5.56 Å². The van der Waals surface area contributed by atoms with E-state index in [4.69, 9.17) is 14.0 Å². The number of hydrogen-bond acceptors (Lipinski definition) is 7. The summed E-state index contributed by atoms with van der Waals surface area (Å²) in [5.41, 5.74) is 2.93. The summed E-state index contributed by atoms with van der Waals surface area (Å²) in [5.74, 6) is -0.485. The van der Waals surface area contributed by atoms with Crippen molar-refractivity contribution < 1.29 is 28.7 Å². The molecule has 1 aliphatic heterocycles. The van der Waals surface area contributed by atoms with Gasteiger partial charge in [0.15, 0.2) is 11.5 Å². The van der Waals surface area contributed by atoms with E-state index in [9.17, 15) is 14.7 Å². The van der Waals surface area contributed by atoms with Crippen molar-refractivity contribution in [3.63, 3.8) is 0 Å². The van der Waals surface area contributed by atoms with Gasteiger partial charge in [0.2, 0.25) is 0 Å². The molecule has 1 atom stereocenters. The van der Waals surface area contributed by atoms with Gasteiger partial charge in [0.1, 0.15) is 23.5 Å². The number of amides is 1. The van der Waals surface area contributed by atoms with Gasteiger partial charge in [-0.25, -0.2) is 0 Å². The quantitative estimate of drug-likeness (QED) is 0.364. The summed E-state index contributed by atoms with van der Waals surface area (Å²) in [4.78, 5) is 28.4. The molecule has 0 fully saturated rings. The van der Waals surface area contributed by atoms with Gasteiger partial charge in [-0.3, -0.25) is 14.5 Å². The van der Waals surface area contributed by atoms with Crippen molar-refractivity contribution in [1.82, 2.24) is 5.16 Å². The van der Waals surface area contributed by atoms with Crippen LogP contribution in [-0.2, 0) is 4.79 Å². The average molecular weight is 482 g/mol. The summed E-state index contributed by atoms with van der Waals surface area (Å²) in [7, 11) is 3.09. The second-order valence-corrected chi connectivity index (χ2v) is 8.10. The Bertz CT molecular complexity index is 1420. The standard InChI is InChI=1S/C28H22N2O6/c1-34-21-11-5-18(6-12-21)25-24(26(31)19-7-13-22(35-2)14-8-19)27(32)28(33)30(25)20-9-3-17(4-10-20)23-15-16-36-29-23/h3-16,25,32H,1-2H3. The zero-order chi connectivity index (χ0) is 25.2. The van der Waals surface area contributed by atoms with E-state index in [2.05, 4.69) is 5.16 Å². The van der Waals surface area contributed by atoms with Gasteiger partial charge in [-0.15, -0.1) is 0 Å². The lowest BCUT2D eigenvalue weighted by Gasteiger charge is -2.27. The van der Waals surface area contributed by atoms with E-state index in [1.165, 1.54) is 18.3 Å². The summed E-state index contributed by atoms with van der Waals surface area (Å²) < 4.78 is 15.4. The second-order valence-electron chi connectivity index (χ2n) is 8.10. The number of carbonyl (C=O) groups excluding carboxylic acids is 2. The van der Waals surface area contributed by atoms with Gasteiger partial charge in [0.25, 0.3) is 5.91 Å². The lowest BCUT2D eigenvalue weighted by atomic mass is 9.92.